The maximum atomic E-state index is 6.01. The van der Waals surface area contributed by atoms with Crippen molar-refractivity contribution in [1.29, 1.82) is 0 Å². The zero-order valence-corrected chi connectivity index (χ0v) is 15.5. The molecule has 5 nitrogen and oxygen atoms in total. The van der Waals surface area contributed by atoms with E-state index in [-0.39, 0.29) is 0 Å². The first-order chi connectivity index (χ1) is 11.8. The van der Waals surface area contributed by atoms with E-state index in [1.165, 1.54) is 32.1 Å². The molecule has 0 radical (unpaired) electrons. The molecule has 1 fully saturated rings. The smallest absolute Gasteiger partial charge is 0.206 e. The molecule has 3 aromatic rings. The number of hydrogen-bond acceptors (Lipinski definition) is 6. The van der Waals surface area contributed by atoms with Crippen LogP contribution in [0.3, 0.4) is 0 Å². The van der Waals surface area contributed by atoms with Crippen molar-refractivity contribution >= 4 is 45.5 Å². The Morgan fingerprint density at radius 1 is 1.21 bits per heavy atom. The minimum atomic E-state index is 0.563. The van der Waals surface area contributed by atoms with E-state index < -0.39 is 0 Å². The Morgan fingerprint density at radius 2 is 2.08 bits per heavy atom. The van der Waals surface area contributed by atoms with Crippen LogP contribution in [0, 0.1) is 0 Å². The third-order valence-corrected chi connectivity index (χ3v) is 6.39. The molecule has 0 aliphatic heterocycles. The van der Waals surface area contributed by atoms with Crippen LogP contribution in [0.4, 0.5) is 5.13 Å². The molecule has 0 unspecified atom stereocenters. The fraction of sp³-hybridized carbons (Fsp3) is 0.438. The van der Waals surface area contributed by atoms with E-state index in [1.54, 1.807) is 23.1 Å². The molecule has 0 saturated heterocycles. The Hall–Kier alpha value is -1.31. The van der Waals surface area contributed by atoms with Gasteiger partial charge >= 0.3 is 0 Å². The molecule has 1 N–H and O–H groups in total. The Bertz CT molecular complexity index is 825. The molecule has 3 aromatic heterocycles. The predicted molar refractivity (Wildman–Crippen MR) is 100 cm³/mol. The average molecular weight is 380 g/mol. The summed E-state index contributed by atoms with van der Waals surface area (Å²) in [5.41, 5.74) is 1.92. The van der Waals surface area contributed by atoms with E-state index in [1.807, 2.05) is 28.9 Å². The molecule has 3 heterocycles. The van der Waals surface area contributed by atoms with Gasteiger partial charge in [-0.05, 0) is 25.0 Å². The van der Waals surface area contributed by atoms with E-state index in [0.717, 1.165) is 26.6 Å². The quantitative estimate of drug-likeness (QED) is 0.640. The molecule has 8 heteroatoms. The minimum Gasteiger partial charge on any atom is -0.357 e. The van der Waals surface area contributed by atoms with Crippen molar-refractivity contribution in [2.45, 2.75) is 48.2 Å². The summed E-state index contributed by atoms with van der Waals surface area (Å²) < 4.78 is 2.93. The van der Waals surface area contributed by atoms with Crippen molar-refractivity contribution in [1.82, 2.24) is 19.6 Å². The van der Waals surface area contributed by atoms with Gasteiger partial charge in [0, 0.05) is 24.2 Å². The molecule has 0 bridgehead atoms. The number of aromatic nitrogens is 4. The van der Waals surface area contributed by atoms with Gasteiger partial charge in [0.15, 0.2) is 4.34 Å². The van der Waals surface area contributed by atoms with Gasteiger partial charge in [0.1, 0.15) is 5.65 Å². The van der Waals surface area contributed by atoms with Gasteiger partial charge in [-0.2, -0.15) is 0 Å². The fourth-order valence-electron chi connectivity index (χ4n) is 2.97. The van der Waals surface area contributed by atoms with E-state index in [0.29, 0.717) is 11.1 Å². The first kappa shape index (κ1) is 16.2. The van der Waals surface area contributed by atoms with E-state index >= 15 is 0 Å². The number of nitrogens with one attached hydrogen (secondary N) is 1. The zero-order chi connectivity index (χ0) is 16.4. The number of thioether (sulfide) groups is 1. The summed E-state index contributed by atoms with van der Waals surface area (Å²) in [7, 11) is 0. The second-order valence-electron chi connectivity index (χ2n) is 5.99. The molecule has 1 aliphatic rings. The topological polar surface area (TPSA) is 55.1 Å². The van der Waals surface area contributed by atoms with Crippen LogP contribution in [0.2, 0.25) is 5.02 Å². The van der Waals surface area contributed by atoms with Crippen molar-refractivity contribution in [2.24, 2.45) is 0 Å². The number of anilines is 1. The molecular weight excluding hydrogens is 362 g/mol. The van der Waals surface area contributed by atoms with Crippen LogP contribution in [-0.4, -0.2) is 25.6 Å². The van der Waals surface area contributed by atoms with Gasteiger partial charge < -0.3 is 9.72 Å². The lowest BCUT2D eigenvalue weighted by Crippen LogP contribution is -2.21. The van der Waals surface area contributed by atoms with Crippen LogP contribution in [0.15, 0.2) is 28.9 Å². The van der Waals surface area contributed by atoms with Crippen LogP contribution in [-0.2, 0) is 5.75 Å². The highest BCUT2D eigenvalue weighted by molar-refractivity contribution is 8.00. The Balaban J connectivity index is 1.36. The van der Waals surface area contributed by atoms with Crippen molar-refractivity contribution in [3.8, 4) is 0 Å². The minimum absolute atomic E-state index is 0.563. The van der Waals surface area contributed by atoms with Crippen molar-refractivity contribution in [3.63, 3.8) is 0 Å². The van der Waals surface area contributed by atoms with Gasteiger partial charge in [0.05, 0.1) is 10.7 Å². The highest BCUT2D eigenvalue weighted by Gasteiger charge is 2.15. The fourth-order valence-corrected chi connectivity index (χ4v) is 4.85. The molecule has 0 amide bonds. The summed E-state index contributed by atoms with van der Waals surface area (Å²) in [6, 6.07) is 4.34. The third kappa shape index (κ3) is 3.84. The third-order valence-electron chi connectivity index (χ3n) is 4.15. The normalized spacial score (nSPS) is 15.9. The number of halogens is 1. The zero-order valence-electron chi connectivity index (χ0n) is 13.1. The Morgan fingerprint density at radius 3 is 2.96 bits per heavy atom. The van der Waals surface area contributed by atoms with Crippen molar-refractivity contribution < 1.29 is 0 Å². The van der Waals surface area contributed by atoms with Crippen LogP contribution < -0.4 is 5.32 Å². The number of hydrogen-bond donors (Lipinski definition) is 1. The summed E-state index contributed by atoms with van der Waals surface area (Å²) in [4.78, 5) is 4.59. The lowest BCUT2D eigenvalue weighted by atomic mass is 9.96. The van der Waals surface area contributed by atoms with Crippen LogP contribution in [0.5, 0.6) is 0 Å². The number of nitrogens with zero attached hydrogens (tertiary/aromatic N) is 4. The maximum absolute atomic E-state index is 6.01. The SMILES string of the molecule is Clc1ccc2nc(CSc3nnc(NC4CCCCC4)s3)cn2c1. The summed E-state index contributed by atoms with van der Waals surface area (Å²) in [5.74, 6) is 0.775. The first-order valence-corrected chi connectivity index (χ1v) is 10.3. The van der Waals surface area contributed by atoms with Crippen molar-refractivity contribution in [2.75, 3.05) is 5.32 Å². The summed E-state index contributed by atoms with van der Waals surface area (Å²) >= 11 is 9.31. The lowest BCUT2D eigenvalue weighted by Gasteiger charge is -2.21. The van der Waals surface area contributed by atoms with Crippen molar-refractivity contribution in [3.05, 3.63) is 35.2 Å². The summed E-state index contributed by atoms with van der Waals surface area (Å²) in [6.45, 7) is 0. The van der Waals surface area contributed by atoms with Crippen LogP contribution in [0.1, 0.15) is 37.8 Å². The first-order valence-electron chi connectivity index (χ1n) is 8.12. The number of pyridine rings is 1. The Kier molecular flexibility index (Phi) is 4.91. The number of rotatable bonds is 5. The van der Waals surface area contributed by atoms with Gasteiger partial charge in [-0.25, -0.2) is 4.98 Å². The summed E-state index contributed by atoms with van der Waals surface area (Å²) in [5, 5.41) is 13.7. The van der Waals surface area contributed by atoms with Crippen LogP contribution in [0.25, 0.3) is 5.65 Å². The monoisotopic (exact) mass is 379 g/mol. The molecule has 126 valence electrons. The van der Waals surface area contributed by atoms with Gasteiger partial charge in [-0.15, -0.1) is 10.2 Å². The second kappa shape index (κ2) is 7.29. The van der Waals surface area contributed by atoms with E-state index in [4.69, 9.17) is 11.6 Å². The molecule has 1 aliphatic carbocycles. The maximum Gasteiger partial charge on any atom is 0.206 e. The molecule has 1 saturated carbocycles. The Labute approximate surface area is 153 Å². The second-order valence-corrected chi connectivity index (χ2v) is 8.62. The average Bonchev–Trinajstić information content (AvgIpc) is 3.20. The molecule has 0 aromatic carbocycles. The van der Waals surface area contributed by atoms with Gasteiger partial charge in [0.2, 0.25) is 5.13 Å². The van der Waals surface area contributed by atoms with Gasteiger partial charge in [-0.3, -0.25) is 0 Å². The molecule has 0 atom stereocenters. The highest BCUT2D eigenvalue weighted by atomic mass is 35.5. The van der Waals surface area contributed by atoms with E-state index in [2.05, 4.69) is 20.5 Å². The highest BCUT2D eigenvalue weighted by Crippen LogP contribution is 2.30. The summed E-state index contributed by atoms with van der Waals surface area (Å²) in [6.07, 6.45) is 10.4. The molecule has 24 heavy (non-hydrogen) atoms. The molecule has 0 spiro atoms. The van der Waals surface area contributed by atoms with Crippen LogP contribution >= 0.6 is 34.7 Å². The van der Waals surface area contributed by atoms with Gasteiger partial charge in [-0.1, -0.05) is 54.0 Å². The van der Waals surface area contributed by atoms with Gasteiger partial charge in [0.25, 0.3) is 0 Å². The molecule has 4 rings (SSSR count). The standard InChI is InChI=1S/C16H18ClN5S2/c17-11-6-7-14-18-13(9-22(14)8-11)10-23-16-21-20-15(24-16)19-12-4-2-1-3-5-12/h6-9,12H,1-5,10H2,(H,19,20). The molecular formula is C16H18ClN5S2. The number of fused-ring (bicyclic) bond motifs is 1. The predicted octanol–water partition coefficient (Wildman–Crippen LogP) is 4.88. The number of imidazole rings is 1. The largest absolute Gasteiger partial charge is 0.357 e. The van der Waals surface area contributed by atoms with E-state index in [9.17, 15) is 0 Å². The lowest BCUT2D eigenvalue weighted by molar-refractivity contribution is 0.462.